The lowest BCUT2D eigenvalue weighted by Gasteiger charge is -2.34. The van der Waals surface area contributed by atoms with Crippen LogP contribution >= 0.6 is 12.2 Å². The van der Waals surface area contributed by atoms with Crippen molar-refractivity contribution in [2.75, 3.05) is 0 Å². The van der Waals surface area contributed by atoms with Gasteiger partial charge in [0, 0.05) is 17.2 Å². The minimum absolute atomic E-state index is 0.0147. The van der Waals surface area contributed by atoms with Gasteiger partial charge in [-0.25, -0.2) is 5.01 Å². The molecule has 1 aliphatic rings. The average molecular weight is 304 g/mol. The van der Waals surface area contributed by atoms with E-state index in [0.29, 0.717) is 10.9 Å². The fourth-order valence-corrected chi connectivity index (χ4v) is 3.17. The smallest absolute Gasteiger partial charge is 0.164 e. The van der Waals surface area contributed by atoms with Crippen LogP contribution in [0.25, 0.3) is 0 Å². The molecule has 1 heterocycles. The van der Waals surface area contributed by atoms with Crippen molar-refractivity contribution < 1.29 is 5.11 Å². The largest absolute Gasteiger partial charge is 0.369 e. The van der Waals surface area contributed by atoms with Gasteiger partial charge in [0.25, 0.3) is 0 Å². The van der Waals surface area contributed by atoms with Crippen LogP contribution in [0, 0.1) is 18.8 Å². The van der Waals surface area contributed by atoms with Crippen LogP contribution in [0.1, 0.15) is 45.2 Å². The molecule has 0 aromatic heterocycles. The van der Waals surface area contributed by atoms with E-state index in [1.54, 1.807) is 11.9 Å². The molecule has 114 valence electrons. The Morgan fingerprint density at radius 3 is 2.43 bits per heavy atom. The first-order valence-corrected chi connectivity index (χ1v) is 7.83. The van der Waals surface area contributed by atoms with Gasteiger partial charge in [0.05, 0.1) is 0 Å². The van der Waals surface area contributed by atoms with E-state index in [-0.39, 0.29) is 5.92 Å². The topological polar surface area (TPSA) is 35.8 Å². The Kier molecular flexibility index (Phi) is 4.49. The number of aliphatic hydroxyl groups is 1. The van der Waals surface area contributed by atoms with Crippen molar-refractivity contribution in [2.45, 2.75) is 46.8 Å². The molecule has 1 N–H and O–H groups in total. The number of aryl methyl sites for hydroxylation is 1. The molecule has 2 atom stereocenters. The van der Waals surface area contributed by atoms with Gasteiger partial charge in [0.2, 0.25) is 0 Å². The van der Waals surface area contributed by atoms with Crippen molar-refractivity contribution >= 4 is 22.9 Å². The maximum absolute atomic E-state index is 10.9. The van der Waals surface area contributed by atoms with Gasteiger partial charge in [-0.05, 0) is 33.1 Å². The van der Waals surface area contributed by atoms with E-state index in [1.165, 1.54) is 5.56 Å². The number of hydrogen-bond donors (Lipinski definition) is 1. The summed E-state index contributed by atoms with van der Waals surface area (Å²) in [6, 6.07) is 8.01. The number of rotatable bonds is 3. The molecule has 1 aliphatic heterocycles. The summed E-state index contributed by atoms with van der Waals surface area (Å²) in [5, 5.41) is 17.1. The molecule has 0 fully saturated rings. The SMILES string of the molecule is CC1=NN(C(=S)c2ccc(C)cc2)[C@](C)(O)[C@H]1CC(C)C. The monoisotopic (exact) mass is 304 g/mol. The van der Waals surface area contributed by atoms with Crippen molar-refractivity contribution in [2.24, 2.45) is 16.9 Å². The molecule has 0 amide bonds. The first-order valence-electron chi connectivity index (χ1n) is 7.42. The summed E-state index contributed by atoms with van der Waals surface area (Å²) < 4.78 is 0. The molecule has 0 saturated heterocycles. The van der Waals surface area contributed by atoms with Gasteiger partial charge in [-0.2, -0.15) is 5.10 Å². The van der Waals surface area contributed by atoms with Crippen LogP contribution in [0.4, 0.5) is 0 Å². The molecule has 0 spiro atoms. The van der Waals surface area contributed by atoms with E-state index >= 15 is 0 Å². The minimum atomic E-state index is -1.06. The van der Waals surface area contributed by atoms with Crippen LogP contribution in [0.2, 0.25) is 0 Å². The average Bonchev–Trinajstić information content (AvgIpc) is 2.62. The Morgan fingerprint density at radius 1 is 1.33 bits per heavy atom. The Labute approximate surface area is 132 Å². The number of nitrogens with zero attached hydrogens (tertiary/aromatic N) is 2. The number of benzene rings is 1. The zero-order valence-electron chi connectivity index (χ0n) is 13.4. The van der Waals surface area contributed by atoms with Crippen LogP contribution in [0.15, 0.2) is 29.4 Å². The van der Waals surface area contributed by atoms with E-state index in [2.05, 4.69) is 18.9 Å². The van der Waals surface area contributed by atoms with Gasteiger partial charge in [-0.15, -0.1) is 0 Å². The molecule has 1 aromatic rings. The zero-order chi connectivity index (χ0) is 15.8. The van der Waals surface area contributed by atoms with Crippen molar-refractivity contribution in [3.05, 3.63) is 35.4 Å². The molecule has 3 nitrogen and oxygen atoms in total. The van der Waals surface area contributed by atoms with Crippen LogP contribution in [0.5, 0.6) is 0 Å². The van der Waals surface area contributed by atoms with Gasteiger partial charge in [-0.1, -0.05) is 55.9 Å². The van der Waals surface area contributed by atoms with Gasteiger partial charge < -0.3 is 5.11 Å². The lowest BCUT2D eigenvalue weighted by Crippen LogP contribution is -2.48. The summed E-state index contributed by atoms with van der Waals surface area (Å²) in [6.07, 6.45) is 0.898. The Bertz CT molecular complexity index is 561. The first-order chi connectivity index (χ1) is 9.73. The Hall–Kier alpha value is -1.26. The van der Waals surface area contributed by atoms with E-state index in [9.17, 15) is 5.11 Å². The van der Waals surface area contributed by atoms with Gasteiger partial charge in [0.15, 0.2) is 5.72 Å². The number of hydrazone groups is 1. The maximum Gasteiger partial charge on any atom is 0.164 e. The van der Waals surface area contributed by atoms with E-state index in [4.69, 9.17) is 12.2 Å². The van der Waals surface area contributed by atoms with Crippen molar-refractivity contribution in [1.29, 1.82) is 0 Å². The Morgan fingerprint density at radius 2 is 1.90 bits per heavy atom. The molecule has 0 unspecified atom stereocenters. The second-order valence-electron chi connectivity index (χ2n) is 6.50. The van der Waals surface area contributed by atoms with Crippen molar-refractivity contribution in [3.63, 3.8) is 0 Å². The van der Waals surface area contributed by atoms with Crippen LogP contribution in [-0.4, -0.2) is 26.5 Å². The molecule has 0 bridgehead atoms. The van der Waals surface area contributed by atoms with Gasteiger partial charge in [0.1, 0.15) is 4.99 Å². The lowest BCUT2D eigenvalue weighted by atomic mass is 9.86. The summed E-state index contributed by atoms with van der Waals surface area (Å²) in [5.41, 5.74) is 1.99. The normalized spacial score (nSPS) is 25.4. The molecule has 21 heavy (non-hydrogen) atoms. The standard InChI is InChI=1S/C17H24N2OS/c1-11(2)10-15-13(4)18-19(17(15,5)20)16(21)14-8-6-12(3)7-9-14/h6-9,11,15,20H,10H2,1-5H3/t15-,17+/m0/s1. The predicted octanol–water partition coefficient (Wildman–Crippen LogP) is 3.73. The fraction of sp³-hybridized carbons (Fsp3) is 0.529. The quantitative estimate of drug-likeness (QED) is 0.864. The van der Waals surface area contributed by atoms with Gasteiger partial charge >= 0.3 is 0 Å². The second kappa shape index (κ2) is 5.85. The molecule has 0 aliphatic carbocycles. The predicted molar refractivity (Wildman–Crippen MR) is 91.4 cm³/mol. The molecule has 1 aromatic carbocycles. The molecule has 0 saturated carbocycles. The third-order valence-corrected chi connectivity index (χ3v) is 4.46. The van der Waals surface area contributed by atoms with Crippen LogP contribution < -0.4 is 0 Å². The molecular weight excluding hydrogens is 280 g/mol. The first kappa shape index (κ1) is 16.1. The zero-order valence-corrected chi connectivity index (χ0v) is 14.2. The minimum Gasteiger partial charge on any atom is -0.369 e. The van der Waals surface area contributed by atoms with Crippen molar-refractivity contribution in [1.82, 2.24) is 5.01 Å². The highest BCUT2D eigenvalue weighted by Gasteiger charge is 2.46. The summed E-state index contributed by atoms with van der Waals surface area (Å²) in [4.78, 5) is 0.575. The maximum atomic E-state index is 10.9. The second-order valence-corrected chi connectivity index (χ2v) is 6.89. The Balaban J connectivity index is 2.28. The third-order valence-electron chi connectivity index (χ3n) is 4.05. The molecule has 4 heteroatoms. The van der Waals surface area contributed by atoms with E-state index < -0.39 is 5.72 Å². The summed E-state index contributed by atoms with van der Waals surface area (Å²) in [5.74, 6) is 0.514. The highest BCUT2D eigenvalue weighted by atomic mass is 32.1. The highest BCUT2D eigenvalue weighted by Crippen LogP contribution is 2.36. The van der Waals surface area contributed by atoms with Crippen LogP contribution in [0.3, 0.4) is 0 Å². The molecule has 0 radical (unpaired) electrons. The lowest BCUT2D eigenvalue weighted by molar-refractivity contribution is -0.0681. The number of thiocarbonyl (C=S) groups is 1. The summed E-state index contributed by atoms with van der Waals surface area (Å²) in [6.45, 7) is 10.1. The van der Waals surface area contributed by atoms with Crippen LogP contribution in [-0.2, 0) is 0 Å². The molecule has 2 rings (SSSR count). The summed E-state index contributed by atoms with van der Waals surface area (Å²) in [7, 11) is 0. The summed E-state index contributed by atoms with van der Waals surface area (Å²) >= 11 is 5.55. The van der Waals surface area contributed by atoms with E-state index in [1.807, 2.05) is 38.1 Å². The van der Waals surface area contributed by atoms with Crippen molar-refractivity contribution in [3.8, 4) is 0 Å². The molecular formula is C17H24N2OS. The fourth-order valence-electron chi connectivity index (χ4n) is 2.81. The number of hydrogen-bond acceptors (Lipinski definition) is 3. The highest BCUT2D eigenvalue weighted by molar-refractivity contribution is 7.80. The third kappa shape index (κ3) is 3.16. The van der Waals surface area contributed by atoms with Gasteiger partial charge in [-0.3, -0.25) is 0 Å². The van der Waals surface area contributed by atoms with E-state index in [0.717, 1.165) is 17.7 Å².